The molecule has 0 radical (unpaired) electrons. The molecule has 4 heteroatoms. The average Bonchev–Trinajstić information content (AvgIpc) is 2.15. The second-order valence-corrected chi connectivity index (χ2v) is 1.43. The van der Waals surface area contributed by atoms with Gasteiger partial charge in [-0.2, -0.15) is 0 Å². The lowest BCUT2D eigenvalue weighted by Gasteiger charge is -1.68. The van der Waals surface area contributed by atoms with E-state index < -0.39 is 0 Å². The van der Waals surface area contributed by atoms with Crippen molar-refractivity contribution >= 4 is 5.65 Å². The minimum absolute atomic E-state index is 0.741. The van der Waals surface area contributed by atoms with Crippen LogP contribution in [-0.4, -0.2) is 14.7 Å². The van der Waals surface area contributed by atoms with Crippen LogP contribution < -0.4 is 0 Å². The summed E-state index contributed by atoms with van der Waals surface area (Å²) in [5.41, 5.74) is 0.741. The van der Waals surface area contributed by atoms with Crippen molar-refractivity contribution in [1.29, 1.82) is 0 Å². The molecular formula is C4H3N3O. The molecule has 0 N–H and O–H groups in total. The summed E-state index contributed by atoms with van der Waals surface area (Å²) in [5, 5.41) is 3.49. The van der Waals surface area contributed by atoms with Gasteiger partial charge in [-0.05, 0) is 0 Å². The topological polar surface area (TPSA) is 43.3 Å². The van der Waals surface area contributed by atoms with Crippen LogP contribution in [-0.2, 0) is 0 Å². The van der Waals surface area contributed by atoms with Crippen LogP contribution in [0.4, 0.5) is 0 Å². The summed E-state index contributed by atoms with van der Waals surface area (Å²) in [6.07, 6.45) is 4.91. The monoisotopic (exact) mass is 109 g/mol. The average molecular weight is 109 g/mol. The van der Waals surface area contributed by atoms with E-state index in [2.05, 4.69) is 14.8 Å². The van der Waals surface area contributed by atoms with Gasteiger partial charge in [0.15, 0.2) is 5.65 Å². The molecule has 0 saturated heterocycles. The zero-order chi connectivity index (χ0) is 5.40. The SMILES string of the molecule is c1cn2oncc2n1. The van der Waals surface area contributed by atoms with Gasteiger partial charge in [-0.1, -0.05) is 5.16 Å². The molecule has 0 bridgehead atoms. The molecule has 2 heterocycles. The second kappa shape index (κ2) is 1.09. The molecule has 2 aromatic heterocycles. The molecule has 0 atom stereocenters. The first-order chi connectivity index (χ1) is 3.97. The quantitative estimate of drug-likeness (QED) is 0.489. The predicted octanol–water partition coefficient (Wildman–Crippen LogP) is 0.322. The first kappa shape index (κ1) is 3.65. The summed E-state index contributed by atoms with van der Waals surface area (Å²) in [5.74, 6) is 0. The van der Waals surface area contributed by atoms with Gasteiger partial charge in [-0.25, -0.2) is 4.98 Å². The zero-order valence-corrected chi connectivity index (χ0v) is 3.98. The van der Waals surface area contributed by atoms with Gasteiger partial charge >= 0.3 is 0 Å². The van der Waals surface area contributed by atoms with Gasteiger partial charge in [0.1, 0.15) is 6.20 Å². The summed E-state index contributed by atoms with van der Waals surface area (Å²) in [4.78, 5) is 3.89. The van der Waals surface area contributed by atoms with Gasteiger partial charge in [0, 0.05) is 6.20 Å². The number of hydrogen-bond acceptors (Lipinski definition) is 3. The molecule has 4 nitrogen and oxygen atoms in total. The molecule has 2 rings (SSSR count). The Bertz CT molecular complexity index is 233. The minimum Gasteiger partial charge on any atom is -0.262 e. The van der Waals surface area contributed by atoms with Crippen molar-refractivity contribution in [3.8, 4) is 0 Å². The van der Waals surface area contributed by atoms with Crippen molar-refractivity contribution in [2.75, 3.05) is 0 Å². The van der Waals surface area contributed by atoms with Crippen LogP contribution in [0, 0.1) is 0 Å². The van der Waals surface area contributed by atoms with Crippen molar-refractivity contribution < 1.29 is 4.63 Å². The molecule has 0 amide bonds. The molecular weight excluding hydrogens is 106 g/mol. The number of rotatable bonds is 0. The fourth-order valence-corrected chi connectivity index (χ4v) is 0.584. The molecule has 0 saturated carbocycles. The van der Waals surface area contributed by atoms with E-state index in [0.29, 0.717) is 0 Å². The van der Waals surface area contributed by atoms with Crippen LogP contribution in [0.15, 0.2) is 23.2 Å². The molecule has 2 aromatic rings. The van der Waals surface area contributed by atoms with Gasteiger partial charge < -0.3 is 0 Å². The Labute approximate surface area is 44.7 Å². The van der Waals surface area contributed by atoms with Crippen LogP contribution in [0.1, 0.15) is 0 Å². The van der Waals surface area contributed by atoms with E-state index in [1.807, 2.05) is 0 Å². The summed E-state index contributed by atoms with van der Waals surface area (Å²) >= 11 is 0. The number of imidazole rings is 1. The molecule has 0 aliphatic carbocycles. The third-order valence-corrected chi connectivity index (χ3v) is 0.938. The lowest BCUT2D eigenvalue weighted by atomic mass is 10.8. The predicted molar refractivity (Wildman–Crippen MR) is 25.3 cm³/mol. The second-order valence-electron chi connectivity index (χ2n) is 1.43. The Morgan fingerprint density at radius 3 is 3.50 bits per heavy atom. The van der Waals surface area contributed by atoms with E-state index >= 15 is 0 Å². The van der Waals surface area contributed by atoms with Crippen molar-refractivity contribution in [3.63, 3.8) is 0 Å². The van der Waals surface area contributed by atoms with Crippen LogP contribution in [0.3, 0.4) is 0 Å². The van der Waals surface area contributed by atoms with E-state index in [0.717, 1.165) is 5.65 Å². The standard InChI is InChI=1S/C4H3N3O/c1-2-7-4(5-1)3-6-8-7/h1-3H. The lowest BCUT2D eigenvalue weighted by Crippen LogP contribution is -1.67. The van der Waals surface area contributed by atoms with Gasteiger partial charge in [0.25, 0.3) is 0 Å². The molecule has 8 heavy (non-hydrogen) atoms. The summed E-state index contributed by atoms with van der Waals surface area (Å²) < 4.78 is 6.15. The lowest BCUT2D eigenvalue weighted by molar-refractivity contribution is 0.273. The van der Waals surface area contributed by atoms with Gasteiger partial charge in [0.2, 0.25) is 0 Å². The molecule has 0 aliphatic rings. The minimum atomic E-state index is 0.741. The molecule has 40 valence electrons. The largest absolute Gasteiger partial charge is 0.262 e. The first-order valence-electron chi connectivity index (χ1n) is 2.21. The van der Waals surface area contributed by atoms with Gasteiger partial charge in [-0.15, -0.1) is 4.57 Å². The Morgan fingerprint density at radius 1 is 1.62 bits per heavy atom. The highest BCUT2D eigenvalue weighted by molar-refractivity contribution is 5.30. The summed E-state index contributed by atoms with van der Waals surface area (Å²) in [7, 11) is 0. The first-order valence-corrected chi connectivity index (χ1v) is 2.21. The van der Waals surface area contributed by atoms with E-state index in [1.54, 1.807) is 18.6 Å². The maximum Gasteiger partial charge on any atom is 0.193 e. The summed E-state index contributed by atoms with van der Waals surface area (Å²) in [6, 6.07) is 0. The van der Waals surface area contributed by atoms with Crippen molar-refractivity contribution in [2.45, 2.75) is 0 Å². The molecule has 0 aliphatic heterocycles. The number of nitrogens with zero attached hydrogens (tertiary/aromatic N) is 3. The van der Waals surface area contributed by atoms with E-state index in [-0.39, 0.29) is 0 Å². The van der Waals surface area contributed by atoms with Crippen LogP contribution >= 0.6 is 0 Å². The highest BCUT2D eigenvalue weighted by atomic mass is 16.6. The maximum atomic E-state index is 4.66. The third kappa shape index (κ3) is 0.294. The normalized spacial score (nSPS) is 10.5. The fourth-order valence-electron chi connectivity index (χ4n) is 0.584. The molecule has 0 spiro atoms. The van der Waals surface area contributed by atoms with Crippen molar-refractivity contribution in [1.82, 2.24) is 14.7 Å². The molecule has 0 fully saturated rings. The van der Waals surface area contributed by atoms with E-state index in [4.69, 9.17) is 0 Å². The Hall–Kier alpha value is -1.32. The third-order valence-electron chi connectivity index (χ3n) is 0.938. The van der Waals surface area contributed by atoms with Crippen LogP contribution in [0.25, 0.3) is 5.65 Å². The fraction of sp³-hybridized carbons (Fsp3) is 0. The van der Waals surface area contributed by atoms with Gasteiger partial charge in [0.05, 0.1) is 6.20 Å². The van der Waals surface area contributed by atoms with E-state index in [1.165, 1.54) is 4.57 Å². The number of aromatic nitrogens is 3. The maximum absolute atomic E-state index is 4.66. The van der Waals surface area contributed by atoms with Crippen LogP contribution in [0.5, 0.6) is 0 Å². The number of fused-ring (bicyclic) bond motifs is 1. The summed E-state index contributed by atoms with van der Waals surface area (Å²) in [6.45, 7) is 0. The smallest absolute Gasteiger partial charge is 0.193 e. The van der Waals surface area contributed by atoms with Crippen LogP contribution in [0.2, 0.25) is 0 Å². The number of hydrogen-bond donors (Lipinski definition) is 0. The molecule has 0 aromatic carbocycles. The van der Waals surface area contributed by atoms with E-state index in [9.17, 15) is 0 Å². The highest BCUT2D eigenvalue weighted by Crippen LogP contribution is 1.94. The molecule has 0 unspecified atom stereocenters. The zero-order valence-electron chi connectivity index (χ0n) is 3.98. The Morgan fingerprint density at radius 2 is 2.62 bits per heavy atom. The Kier molecular flexibility index (Phi) is 0.498. The van der Waals surface area contributed by atoms with Gasteiger partial charge in [-0.3, -0.25) is 4.63 Å². The highest BCUT2D eigenvalue weighted by Gasteiger charge is 1.91. The van der Waals surface area contributed by atoms with Crippen molar-refractivity contribution in [2.24, 2.45) is 0 Å². The Balaban J connectivity index is 3.06. The van der Waals surface area contributed by atoms with Crippen molar-refractivity contribution in [3.05, 3.63) is 18.6 Å².